The number of rotatable bonds is 0. The van der Waals surface area contributed by atoms with Gasteiger partial charge in [0.2, 0.25) is 0 Å². The second-order valence-corrected chi connectivity index (χ2v) is 2.20. The van der Waals surface area contributed by atoms with Crippen LogP contribution < -0.4 is 0 Å². The molecule has 0 aromatic rings. The third-order valence-electron chi connectivity index (χ3n) is 0. The minimum atomic E-state index is -3.67. The van der Waals surface area contributed by atoms with E-state index in [-0.39, 0.29) is 44.6 Å². The third kappa shape index (κ3) is 141. The summed E-state index contributed by atoms with van der Waals surface area (Å²) >= 11 is 0. The Hall–Kier alpha value is 1.16. The van der Waals surface area contributed by atoms with E-state index in [1.165, 1.54) is 0 Å². The van der Waals surface area contributed by atoms with Gasteiger partial charge in [-0.2, -0.15) is 8.42 Å². The summed E-state index contributed by atoms with van der Waals surface area (Å²) in [5.74, 6) is 0. The molecule has 0 saturated carbocycles. The fourth-order valence-electron chi connectivity index (χ4n) is 0. The van der Waals surface area contributed by atoms with Gasteiger partial charge in [0.25, 0.3) is 10.1 Å². The van der Waals surface area contributed by atoms with Crippen molar-refractivity contribution in [2.45, 2.75) is 0 Å². The Morgan fingerprint density at radius 1 is 1.43 bits per heavy atom. The Labute approximate surface area is 73.3 Å². The Morgan fingerprint density at radius 2 is 1.43 bits per heavy atom. The van der Waals surface area contributed by atoms with Gasteiger partial charge in [0.1, 0.15) is 0 Å². The molecule has 0 aromatic carbocycles. The van der Waals surface area contributed by atoms with Gasteiger partial charge < -0.3 is 0 Å². The summed E-state index contributed by atoms with van der Waals surface area (Å²) < 4.78 is 25.9. The summed E-state index contributed by atoms with van der Waals surface area (Å²) in [4.78, 5) is 0. The maximum atomic E-state index is 9.19. The molecule has 6 heteroatoms. The van der Waals surface area contributed by atoms with E-state index in [0.29, 0.717) is 6.26 Å². The van der Waals surface area contributed by atoms with Crippen LogP contribution in [0.1, 0.15) is 0 Å². The Bertz CT molecular complexity index is 98.1. The van der Waals surface area contributed by atoms with Crippen molar-refractivity contribution < 1.29 is 57.6 Å². The molecule has 1 radical (unpaired) electrons. The zero-order valence-electron chi connectivity index (χ0n) is 3.40. The average molecular weight is 272 g/mol. The van der Waals surface area contributed by atoms with Crippen molar-refractivity contribution in [1.82, 2.24) is 0 Å². The second kappa shape index (κ2) is 5.30. The minimum absolute atomic E-state index is 0. The molecule has 0 unspecified atom stereocenters. The van der Waals surface area contributed by atoms with Crippen LogP contribution in [0.15, 0.2) is 0 Å². The fourth-order valence-corrected chi connectivity index (χ4v) is 0. The molecule has 3 nitrogen and oxygen atoms in total. The SMILES string of the molecule is CS(=O)(=O)O.[F].[Gd]. The average Bonchev–Trinajstić information content (AvgIpc) is 0.722. The molecule has 0 aliphatic carbocycles. The zero-order valence-corrected chi connectivity index (χ0v) is 6.49. The van der Waals surface area contributed by atoms with Gasteiger partial charge in [-0.05, 0) is 0 Å². The van der Waals surface area contributed by atoms with Crippen molar-refractivity contribution in [2.75, 3.05) is 6.26 Å². The van der Waals surface area contributed by atoms with Crippen molar-refractivity contribution in [1.29, 1.82) is 0 Å². The summed E-state index contributed by atoms with van der Waals surface area (Å²) in [7, 11) is -3.67. The first-order chi connectivity index (χ1) is 2.00. The summed E-state index contributed by atoms with van der Waals surface area (Å²) in [5.41, 5.74) is 0. The van der Waals surface area contributed by atoms with Gasteiger partial charge in [-0.15, -0.1) is 0 Å². The molecule has 0 atom stereocenters. The molecule has 0 saturated heterocycles. The molecule has 0 amide bonds. The minimum Gasteiger partial charge on any atom is -0.286 e. The van der Waals surface area contributed by atoms with Gasteiger partial charge in [-0.1, -0.05) is 0 Å². The van der Waals surface area contributed by atoms with Gasteiger partial charge >= 0.3 is 0 Å². The van der Waals surface area contributed by atoms with E-state index >= 15 is 0 Å². The molecule has 47 valence electrons. The summed E-state index contributed by atoms with van der Waals surface area (Å²) in [6.45, 7) is 0. The van der Waals surface area contributed by atoms with Gasteiger partial charge in [0, 0.05) is 44.6 Å². The van der Waals surface area contributed by atoms with Crippen LogP contribution in [0.25, 0.3) is 0 Å². The number of halogens is 1. The molecular weight excluding hydrogens is 268 g/mol. The van der Waals surface area contributed by atoms with E-state index in [0.717, 1.165) is 0 Å². The molecule has 0 spiro atoms. The first-order valence-corrected chi connectivity index (χ1v) is 2.77. The van der Waals surface area contributed by atoms with E-state index in [4.69, 9.17) is 4.55 Å². The van der Waals surface area contributed by atoms with Crippen LogP contribution in [0.5, 0.6) is 0 Å². The largest absolute Gasteiger partial charge is 0.286 e. The van der Waals surface area contributed by atoms with Gasteiger partial charge in [0.15, 0.2) is 0 Å². The molecule has 0 heterocycles. The van der Waals surface area contributed by atoms with Crippen LogP contribution in [-0.4, -0.2) is 19.2 Å². The predicted molar refractivity (Wildman–Crippen MR) is 18.6 cm³/mol. The van der Waals surface area contributed by atoms with E-state index < -0.39 is 10.1 Å². The monoisotopic (exact) mass is 273 g/mol. The second-order valence-electron chi connectivity index (χ2n) is 0.733. The maximum Gasteiger partial charge on any atom is 0.261 e. The summed E-state index contributed by atoms with van der Waals surface area (Å²) in [6, 6.07) is 0. The molecule has 1 N–H and O–H groups in total. The van der Waals surface area contributed by atoms with Gasteiger partial charge in [-0.3, -0.25) is 4.55 Å². The number of hydrogen-bond acceptors (Lipinski definition) is 2. The molecule has 0 bridgehead atoms. The van der Waals surface area contributed by atoms with E-state index in [2.05, 4.69) is 0 Å². The quantitative estimate of drug-likeness (QED) is 0.628. The topological polar surface area (TPSA) is 54.4 Å². The molecule has 0 aliphatic heterocycles. The van der Waals surface area contributed by atoms with Crippen LogP contribution in [0.3, 0.4) is 0 Å². The summed E-state index contributed by atoms with van der Waals surface area (Å²) in [6.07, 6.45) is 0.715. The summed E-state index contributed by atoms with van der Waals surface area (Å²) in [5, 5.41) is 0. The zero-order chi connectivity index (χ0) is 4.50. The molecule has 0 fully saturated rings. The van der Waals surface area contributed by atoms with E-state index in [1.807, 2.05) is 0 Å². The van der Waals surface area contributed by atoms with Crippen LogP contribution in [-0.2, 0) is 10.1 Å². The van der Waals surface area contributed by atoms with Crippen LogP contribution in [0.2, 0.25) is 0 Å². The Kier molecular flexibility index (Phi) is 11.9. The Morgan fingerprint density at radius 3 is 1.43 bits per heavy atom. The first-order valence-electron chi connectivity index (χ1n) is 0.924. The normalized spacial score (nSPS) is 8.29. The predicted octanol–water partition coefficient (Wildman–Crippen LogP) is -0.0758. The van der Waals surface area contributed by atoms with E-state index in [9.17, 15) is 8.42 Å². The Balaban J connectivity index is -0.0000000800. The molecule has 0 aliphatic rings. The van der Waals surface area contributed by atoms with Crippen molar-refractivity contribution >= 4 is 10.1 Å². The van der Waals surface area contributed by atoms with Crippen molar-refractivity contribution in [2.24, 2.45) is 0 Å². The molecule has 0 rings (SSSR count). The first kappa shape index (κ1) is 15.7. The smallest absolute Gasteiger partial charge is 0.261 e. The van der Waals surface area contributed by atoms with E-state index in [1.54, 1.807) is 0 Å². The van der Waals surface area contributed by atoms with Crippen LogP contribution in [0, 0.1) is 39.9 Å². The standard InChI is InChI=1S/CH4O3S.F.Gd/c1-5(2,3)4;;/h1H3,(H,2,3,4);;. The van der Waals surface area contributed by atoms with Gasteiger partial charge in [0.05, 0.1) is 6.26 Å². The van der Waals surface area contributed by atoms with Gasteiger partial charge in [-0.25, -0.2) is 0 Å². The molecular formula is CH4FGdO3S. The maximum absolute atomic E-state index is 9.19. The van der Waals surface area contributed by atoms with Crippen LogP contribution >= 0.6 is 0 Å². The van der Waals surface area contributed by atoms with Crippen LogP contribution in [0.4, 0.5) is 4.70 Å². The molecule has 7 heavy (non-hydrogen) atoms. The van der Waals surface area contributed by atoms with Crippen molar-refractivity contribution in [3.63, 3.8) is 0 Å². The van der Waals surface area contributed by atoms with Crippen molar-refractivity contribution in [3.8, 4) is 0 Å². The number of hydrogen-bond donors (Lipinski definition) is 1. The molecule has 0 aromatic heterocycles. The fraction of sp³-hybridized carbons (Fsp3) is 1.00. The third-order valence-corrected chi connectivity index (χ3v) is 0. The van der Waals surface area contributed by atoms with Crippen molar-refractivity contribution in [3.05, 3.63) is 0 Å².